The molecule has 8 heteroatoms. The number of hydrogen-bond donors (Lipinski definition) is 1. The van der Waals surface area contributed by atoms with E-state index in [1.54, 1.807) is 45.6 Å². The lowest BCUT2D eigenvalue weighted by molar-refractivity contribution is -0.116. The molecule has 30 heavy (non-hydrogen) atoms. The highest BCUT2D eigenvalue weighted by Crippen LogP contribution is 2.16. The van der Waals surface area contributed by atoms with Crippen LogP contribution in [0.1, 0.15) is 23.4 Å². The second-order valence-corrected chi connectivity index (χ2v) is 7.62. The molecule has 152 valence electrons. The van der Waals surface area contributed by atoms with Gasteiger partial charge >= 0.3 is 5.56 Å². The van der Waals surface area contributed by atoms with E-state index in [0.717, 1.165) is 16.8 Å². The van der Waals surface area contributed by atoms with E-state index in [1.165, 1.54) is 0 Å². The molecule has 0 unspecified atom stereocenters. The normalized spacial score (nSPS) is 11.0. The van der Waals surface area contributed by atoms with Crippen molar-refractivity contribution in [2.75, 3.05) is 5.32 Å². The predicted molar refractivity (Wildman–Crippen MR) is 116 cm³/mol. The first-order valence-corrected chi connectivity index (χ1v) is 9.88. The summed E-state index contributed by atoms with van der Waals surface area (Å²) in [5.74, 6) is 0.383. The van der Waals surface area contributed by atoms with Crippen molar-refractivity contribution in [2.45, 2.75) is 26.7 Å². The van der Waals surface area contributed by atoms with Gasteiger partial charge in [-0.15, -0.1) is 10.2 Å². The number of nitrogens with zero attached hydrogens (tertiary/aromatic N) is 4. The Morgan fingerprint density at radius 2 is 1.83 bits per heavy atom. The summed E-state index contributed by atoms with van der Waals surface area (Å²) >= 11 is 5.94. The van der Waals surface area contributed by atoms with Crippen LogP contribution < -0.4 is 10.9 Å². The maximum Gasteiger partial charge on any atom is 0.300 e. The summed E-state index contributed by atoms with van der Waals surface area (Å²) in [6, 6.07) is 12.9. The van der Waals surface area contributed by atoms with Gasteiger partial charge in [0.15, 0.2) is 0 Å². The van der Waals surface area contributed by atoms with Crippen molar-refractivity contribution in [3.05, 3.63) is 87.2 Å². The lowest BCUT2D eigenvalue weighted by Gasteiger charge is -2.09. The molecular weight excluding hydrogens is 402 g/mol. The van der Waals surface area contributed by atoms with Crippen molar-refractivity contribution < 1.29 is 4.79 Å². The molecule has 7 nitrogen and oxygen atoms in total. The topological polar surface area (TPSA) is 81.3 Å². The van der Waals surface area contributed by atoms with Gasteiger partial charge in [0.2, 0.25) is 11.6 Å². The minimum Gasteiger partial charge on any atom is -0.326 e. The maximum absolute atomic E-state index is 12.9. The number of rotatable bonds is 5. The first-order valence-electron chi connectivity index (χ1n) is 9.50. The average molecular weight is 422 g/mol. The zero-order valence-electron chi connectivity index (χ0n) is 16.6. The molecule has 0 aliphatic carbocycles. The minimum absolute atomic E-state index is 0.169. The Hall–Kier alpha value is -3.45. The lowest BCUT2D eigenvalue weighted by Crippen LogP contribution is -2.20. The van der Waals surface area contributed by atoms with Crippen LogP contribution in [-0.4, -0.2) is 25.1 Å². The molecule has 1 amide bonds. The fourth-order valence-electron chi connectivity index (χ4n) is 3.41. The molecule has 0 saturated heterocycles. The number of aryl methyl sites for hydroxylation is 3. The van der Waals surface area contributed by atoms with Crippen LogP contribution in [0.5, 0.6) is 0 Å². The number of halogens is 1. The molecule has 0 aliphatic heterocycles. The number of carbonyl (C=O) groups excluding carboxylic acids is 1. The number of anilines is 1. The molecule has 0 bridgehead atoms. The smallest absolute Gasteiger partial charge is 0.300 e. The third-order valence-electron chi connectivity index (χ3n) is 4.71. The number of amides is 1. The highest BCUT2D eigenvalue weighted by Gasteiger charge is 2.13. The molecule has 0 saturated carbocycles. The largest absolute Gasteiger partial charge is 0.326 e. The van der Waals surface area contributed by atoms with Gasteiger partial charge in [-0.2, -0.15) is 0 Å². The van der Waals surface area contributed by atoms with Gasteiger partial charge in [-0.25, -0.2) is 0 Å². The van der Waals surface area contributed by atoms with Gasteiger partial charge in [0.25, 0.3) is 0 Å². The van der Waals surface area contributed by atoms with Crippen LogP contribution in [0.3, 0.4) is 0 Å². The lowest BCUT2D eigenvalue weighted by atomic mass is 10.1. The van der Waals surface area contributed by atoms with Crippen LogP contribution in [0.2, 0.25) is 5.02 Å². The summed E-state index contributed by atoms with van der Waals surface area (Å²) in [6.45, 7) is 3.98. The van der Waals surface area contributed by atoms with E-state index in [1.807, 2.05) is 26.0 Å². The van der Waals surface area contributed by atoms with Gasteiger partial charge in [-0.1, -0.05) is 23.7 Å². The summed E-state index contributed by atoms with van der Waals surface area (Å²) in [4.78, 5) is 25.2. The molecule has 4 rings (SSSR count). The van der Waals surface area contributed by atoms with Gasteiger partial charge in [0.1, 0.15) is 5.82 Å². The van der Waals surface area contributed by atoms with Crippen LogP contribution in [0.15, 0.2) is 59.7 Å². The third kappa shape index (κ3) is 4.11. The Morgan fingerprint density at radius 3 is 2.57 bits per heavy atom. The first kappa shape index (κ1) is 19.8. The van der Waals surface area contributed by atoms with E-state index in [4.69, 9.17) is 11.6 Å². The predicted octanol–water partition coefficient (Wildman–Crippen LogP) is 3.72. The summed E-state index contributed by atoms with van der Waals surface area (Å²) in [6.07, 6.45) is 4.00. The van der Waals surface area contributed by atoms with Crippen LogP contribution in [0, 0.1) is 13.8 Å². The maximum atomic E-state index is 12.9. The minimum atomic E-state index is -0.260. The standard InChI is InChI=1S/C22H20ClN5O2/c1-14-10-15(2)12-18(11-14)27-8-9-28-19(25-26-21(28)22(27)30)6-7-20(29)24-17-5-3-4-16(23)13-17/h3-5,8-13H,6-7H2,1-2H3,(H,24,29). The molecule has 0 aliphatic rings. The van der Waals surface area contributed by atoms with Crippen molar-refractivity contribution in [1.29, 1.82) is 0 Å². The summed E-state index contributed by atoms with van der Waals surface area (Å²) in [7, 11) is 0. The SMILES string of the molecule is Cc1cc(C)cc(-n2ccn3c(CCC(=O)Nc4cccc(Cl)c4)nnc3c2=O)c1. The van der Waals surface area contributed by atoms with Crippen LogP contribution in [-0.2, 0) is 11.2 Å². The van der Waals surface area contributed by atoms with Crippen molar-refractivity contribution >= 4 is 28.8 Å². The van der Waals surface area contributed by atoms with Gasteiger partial charge in [0, 0.05) is 41.6 Å². The zero-order chi connectivity index (χ0) is 21.3. The Labute approximate surface area is 178 Å². The van der Waals surface area contributed by atoms with Crippen molar-refractivity contribution in [2.24, 2.45) is 0 Å². The molecule has 2 aromatic heterocycles. The summed E-state index contributed by atoms with van der Waals surface area (Å²) in [5.41, 5.74) is 3.53. The van der Waals surface area contributed by atoms with Gasteiger partial charge < -0.3 is 5.32 Å². The Kier molecular flexibility index (Phi) is 5.37. The van der Waals surface area contributed by atoms with Gasteiger partial charge in [0.05, 0.1) is 0 Å². The highest BCUT2D eigenvalue weighted by molar-refractivity contribution is 6.30. The Bertz CT molecular complexity index is 1290. The quantitative estimate of drug-likeness (QED) is 0.532. The molecule has 0 fully saturated rings. The Morgan fingerprint density at radius 1 is 1.07 bits per heavy atom. The molecular formula is C22H20ClN5O2. The van der Waals surface area contributed by atoms with Crippen LogP contribution in [0.25, 0.3) is 11.3 Å². The second-order valence-electron chi connectivity index (χ2n) is 7.19. The zero-order valence-corrected chi connectivity index (χ0v) is 17.3. The highest BCUT2D eigenvalue weighted by atomic mass is 35.5. The fourth-order valence-corrected chi connectivity index (χ4v) is 3.60. The van der Waals surface area contributed by atoms with Gasteiger partial charge in [-0.3, -0.25) is 18.6 Å². The fraction of sp³-hybridized carbons (Fsp3) is 0.182. The molecule has 2 heterocycles. The van der Waals surface area contributed by atoms with E-state index >= 15 is 0 Å². The van der Waals surface area contributed by atoms with Crippen LogP contribution >= 0.6 is 11.6 Å². The molecule has 0 radical (unpaired) electrons. The number of aromatic nitrogens is 4. The van der Waals surface area contributed by atoms with Crippen molar-refractivity contribution in [3.63, 3.8) is 0 Å². The van der Waals surface area contributed by atoms with E-state index in [-0.39, 0.29) is 23.5 Å². The molecule has 4 aromatic rings. The van der Waals surface area contributed by atoms with E-state index < -0.39 is 0 Å². The number of fused-ring (bicyclic) bond motifs is 1. The molecule has 0 spiro atoms. The summed E-state index contributed by atoms with van der Waals surface area (Å²) < 4.78 is 3.19. The third-order valence-corrected chi connectivity index (χ3v) is 4.95. The molecule has 1 N–H and O–H groups in total. The monoisotopic (exact) mass is 421 g/mol. The van der Waals surface area contributed by atoms with Crippen molar-refractivity contribution in [1.82, 2.24) is 19.2 Å². The number of carbonyl (C=O) groups is 1. The van der Waals surface area contributed by atoms with E-state index in [9.17, 15) is 9.59 Å². The van der Waals surface area contributed by atoms with E-state index in [0.29, 0.717) is 23.0 Å². The summed E-state index contributed by atoms with van der Waals surface area (Å²) in [5, 5.41) is 11.5. The second kappa shape index (κ2) is 8.12. The molecule has 0 atom stereocenters. The molecule has 2 aromatic carbocycles. The number of hydrogen-bond acceptors (Lipinski definition) is 4. The van der Waals surface area contributed by atoms with Crippen LogP contribution in [0.4, 0.5) is 5.69 Å². The Balaban J connectivity index is 1.54. The van der Waals surface area contributed by atoms with Crippen molar-refractivity contribution in [3.8, 4) is 5.69 Å². The first-order chi connectivity index (χ1) is 14.4. The number of benzene rings is 2. The average Bonchev–Trinajstić information content (AvgIpc) is 3.10. The van der Waals surface area contributed by atoms with E-state index in [2.05, 4.69) is 21.6 Å². The van der Waals surface area contributed by atoms with Gasteiger partial charge in [-0.05, 0) is 55.3 Å². The number of nitrogens with one attached hydrogen (secondary N) is 1.